The molecule has 0 bridgehead atoms. The number of hydrogen-bond acceptors (Lipinski definition) is 3. The number of hydrogen-bond donors (Lipinski definition) is 0. The number of anilines is 8. The molecule has 7 aromatic carbocycles. The summed E-state index contributed by atoms with van der Waals surface area (Å²) in [6.07, 6.45) is 12.0. The first-order valence-corrected chi connectivity index (χ1v) is 20.0. The van der Waals surface area contributed by atoms with Crippen molar-refractivity contribution >= 4 is 57.7 Å². The molecule has 0 saturated heterocycles. The van der Waals surface area contributed by atoms with Gasteiger partial charge in [-0.3, -0.25) is 0 Å². The number of benzene rings is 7. The van der Waals surface area contributed by atoms with Gasteiger partial charge in [-0.2, -0.15) is 0 Å². The zero-order valence-electron chi connectivity index (χ0n) is 31.0. The molecule has 0 atom stereocenters. The van der Waals surface area contributed by atoms with Gasteiger partial charge in [-0.05, 0) is 131 Å². The van der Waals surface area contributed by atoms with E-state index in [0.29, 0.717) is 0 Å². The summed E-state index contributed by atoms with van der Waals surface area (Å²) in [4.78, 5) is 7.33. The second kappa shape index (κ2) is 12.9. The highest BCUT2D eigenvalue weighted by Crippen LogP contribution is 2.58. The smallest absolute Gasteiger partial charge is 0.0703 e. The number of nitrogens with zero attached hydrogens (tertiary/aromatic N) is 3. The van der Waals surface area contributed by atoms with Gasteiger partial charge in [0.2, 0.25) is 0 Å². The zero-order chi connectivity index (χ0) is 36.3. The van der Waals surface area contributed by atoms with Gasteiger partial charge in [0.05, 0.1) is 22.7 Å². The Morgan fingerprint density at radius 1 is 0.418 bits per heavy atom. The molecular weight excluding hydrogens is 667 g/mol. The molecule has 7 aromatic rings. The van der Waals surface area contributed by atoms with Gasteiger partial charge >= 0.3 is 0 Å². The van der Waals surface area contributed by atoms with Crippen LogP contribution in [-0.4, -0.2) is 6.54 Å². The van der Waals surface area contributed by atoms with Crippen molar-refractivity contribution in [2.45, 2.75) is 43.9 Å². The Hall–Kier alpha value is -6.32. The Morgan fingerprint density at radius 2 is 0.927 bits per heavy atom. The maximum absolute atomic E-state index is 2.56. The van der Waals surface area contributed by atoms with Crippen LogP contribution in [0.25, 0.3) is 23.3 Å². The largest absolute Gasteiger partial charge is 0.341 e. The fourth-order valence-corrected chi connectivity index (χ4v) is 10.1. The number of para-hydroxylation sites is 6. The normalized spacial score (nSPS) is 16.2. The quantitative estimate of drug-likeness (QED) is 0.165. The summed E-state index contributed by atoms with van der Waals surface area (Å²) in [7, 11) is 0. The van der Waals surface area contributed by atoms with Crippen molar-refractivity contribution in [3.8, 4) is 11.1 Å². The summed E-state index contributed by atoms with van der Waals surface area (Å²) in [5, 5.41) is 0. The molecule has 266 valence electrons. The van der Waals surface area contributed by atoms with Crippen molar-refractivity contribution < 1.29 is 0 Å². The van der Waals surface area contributed by atoms with Gasteiger partial charge in [0.25, 0.3) is 0 Å². The molecule has 55 heavy (non-hydrogen) atoms. The van der Waals surface area contributed by atoms with Crippen LogP contribution < -0.4 is 14.7 Å². The molecule has 0 unspecified atom stereocenters. The molecular formula is C52H43N3. The Labute approximate surface area is 324 Å². The maximum Gasteiger partial charge on any atom is 0.0703 e. The van der Waals surface area contributed by atoms with Crippen LogP contribution >= 0.6 is 0 Å². The first kappa shape index (κ1) is 32.1. The summed E-state index contributed by atoms with van der Waals surface area (Å²) in [5.41, 5.74) is 19.7. The minimum absolute atomic E-state index is 0.110. The van der Waals surface area contributed by atoms with Crippen molar-refractivity contribution in [3.05, 3.63) is 192 Å². The molecule has 1 spiro atoms. The lowest BCUT2D eigenvalue weighted by atomic mass is 9.76. The van der Waals surface area contributed by atoms with Crippen LogP contribution in [0, 0.1) is 0 Å². The van der Waals surface area contributed by atoms with Crippen LogP contribution in [0.2, 0.25) is 0 Å². The van der Waals surface area contributed by atoms with Crippen molar-refractivity contribution in [2.24, 2.45) is 0 Å². The third kappa shape index (κ3) is 5.17. The summed E-state index contributed by atoms with van der Waals surface area (Å²) in [6, 6.07) is 60.7. The van der Waals surface area contributed by atoms with Crippen molar-refractivity contribution in [2.75, 3.05) is 21.2 Å². The van der Waals surface area contributed by atoms with E-state index >= 15 is 0 Å². The highest BCUT2D eigenvalue weighted by Gasteiger charge is 2.45. The van der Waals surface area contributed by atoms with Gasteiger partial charge in [-0.1, -0.05) is 122 Å². The minimum Gasteiger partial charge on any atom is -0.341 e. The third-order valence-electron chi connectivity index (χ3n) is 12.6. The van der Waals surface area contributed by atoms with Crippen LogP contribution in [0.4, 0.5) is 45.5 Å². The van der Waals surface area contributed by atoms with E-state index in [1.165, 1.54) is 106 Å². The van der Waals surface area contributed by atoms with E-state index in [1.54, 1.807) is 5.56 Å². The molecule has 0 amide bonds. The predicted octanol–water partition coefficient (Wildman–Crippen LogP) is 14.0. The van der Waals surface area contributed by atoms with Crippen LogP contribution in [-0.2, 0) is 11.8 Å². The average molecular weight is 710 g/mol. The van der Waals surface area contributed by atoms with E-state index in [4.69, 9.17) is 0 Å². The van der Waals surface area contributed by atoms with E-state index in [2.05, 4.69) is 191 Å². The first-order chi connectivity index (χ1) is 27.2. The molecule has 1 fully saturated rings. The highest BCUT2D eigenvalue weighted by atomic mass is 15.3. The van der Waals surface area contributed by atoms with E-state index in [1.807, 2.05) is 0 Å². The molecule has 4 aliphatic rings. The van der Waals surface area contributed by atoms with Crippen molar-refractivity contribution in [1.29, 1.82) is 0 Å². The van der Waals surface area contributed by atoms with Gasteiger partial charge in [-0.25, -0.2) is 0 Å². The van der Waals surface area contributed by atoms with Crippen LogP contribution in [0.3, 0.4) is 0 Å². The Kier molecular flexibility index (Phi) is 7.55. The topological polar surface area (TPSA) is 9.72 Å². The second-order valence-corrected chi connectivity index (χ2v) is 15.6. The lowest BCUT2D eigenvalue weighted by molar-refractivity contribution is 0.549. The molecule has 3 heteroatoms. The maximum atomic E-state index is 2.56. The van der Waals surface area contributed by atoms with Gasteiger partial charge in [0.15, 0.2) is 0 Å². The molecule has 0 N–H and O–H groups in total. The molecule has 0 radical (unpaired) electrons. The fourth-order valence-electron chi connectivity index (χ4n) is 10.1. The number of rotatable bonds is 5. The van der Waals surface area contributed by atoms with E-state index < -0.39 is 0 Å². The minimum atomic E-state index is 0.110. The van der Waals surface area contributed by atoms with Gasteiger partial charge in [-0.15, -0.1) is 0 Å². The van der Waals surface area contributed by atoms with Crippen LogP contribution in [0.1, 0.15) is 59.9 Å². The average Bonchev–Trinajstić information content (AvgIpc) is 3.85. The molecule has 2 aliphatic heterocycles. The van der Waals surface area contributed by atoms with Crippen LogP contribution in [0.15, 0.2) is 164 Å². The Bertz CT molecular complexity index is 2550. The molecule has 0 aromatic heterocycles. The van der Waals surface area contributed by atoms with Gasteiger partial charge in [0, 0.05) is 34.7 Å². The summed E-state index contributed by atoms with van der Waals surface area (Å²) in [6.45, 7) is 1.08. The molecule has 1 saturated carbocycles. The van der Waals surface area contributed by atoms with Crippen molar-refractivity contribution in [3.63, 3.8) is 0 Å². The van der Waals surface area contributed by atoms with Crippen LogP contribution in [0.5, 0.6) is 0 Å². The lowest BCUT2D eigenvalue weighted by Crippen LogP contribution is -2.25. The van der Waals surface area contributed by atoms with E-state index in [-0.39, 0.29) is 5.41 Å². The summed E-state index contributed by atoms with van der Waals surface area (Å²) < 4.78 is 0. The monoisotopic (exact) mass is 709 g/mol. The number of fused-ring (bicyclic) bond motifs is 8. The van der Waals surface area contributed by atoms with Gasteiger partial charge in [0.1, 0.15) is 0 Å². The van der Waals surface area contributed by atoms with Crippen molar-refractivity contribution in [1.82, 2.24) is 0 Å². The summed E-state index contributed by atoms with van der Waals surface area (Å²) in [5.74, 6) is 0. The molecule has 11 rings (SSSR count). The Balaban J connectivity index is 0.897. The third-order valence-corrected chi connectivity index (χ3v) is 12.6. The zero-order valence-corrected chi connectivity index (χ0v) is 31.0. The van der Waals surface area contributed by atoms with E-state index in [9.17, 15) is 0 Å². The lowest BCUT2D eigenvalue weighted by Gasteiger charge is -2.40. The highest BCUT2D eigenvalue weighted by molar-refractivity contribution is 6.01. The summed E-state index contributed by atoms with van der Waals surface area (Å²) >= 11 is 0. The molecule has 2 aliphatic carbocycles. The van der Waals surface area contributed by atoms with Gasteiger partial charge < -0.3 is 14.7 Å². The predicted molar refractivity (Wildman–Crippen MR) is 231 cm³/mol. The second-order valence-electron chi connectivity index (χ2n) is 15.6. The standard InChI is InChI=1S/C52H43N3/c1-2-15-40(16-3-1)54-48-18-6-8-20-50(48)55(51-21-9-7-19-49(51)54)41-27-24-37(25-28-41)22-23-38-26-30-43-44-31-29-42(53-34-12-14-39-13-4-5-17-47(39)53)36-46(44)52(45(43)35-38)32-10-11-33-52/h1-9,13,15-31,35-36H,10-12,14,32-34H2/b23-22+. The molecule has 2 heterocycles. The first-order valence-electron chi connectivity index (χ1n) is 20.0. The SMILES string of the molecule is C(=C\c1ccc2c(c1)C1(CCCC1)c1cc(N3CCCc4ccccc43)ccc1-2)/c1ccc(N2c3ccccc3N(c3ccccc3)c3ccccc32)cc1. The van der Waals surface area contributed by atoms with E-state index in [0.717, 1.165) is 17.9 Å². The molecule has 3 nitrogen and oxygen atoms in total. The Morgan fingerprint density at radius 3 is 1.60 bits per heavy atom. The fraction of sp³-hybridized carbons (Fsp3) is 0.154. The number of aryl methyl sites for hydroxylation is 1.